The number of rotatable bonds is 4. The van der Waals surface area contributed by atoms with E-state index in [1.54, 1.807) is 25.1 Å². The average Bonchev–Trinajstić information content (AvgIpc) is 2.62. The molecule has 1 aliphatic heterocycles. The van der Waals surface area contributed by atoms with Gasteiger partial charge < -0.3 is 15.5 Å². The van der Waals surface area contributed by atoms with Crippen molar-refractivity contribution in [2.75, 3.05) is 29.9 Å². The van der Waals surface area contributed by atoms with Gasteiger partial charge in [-0.25, -0.2) is 0 Å². The standard InChI is InChI=1S/C17H16ClN5O4/c1-10-13(7-12(8-20-10)23(26)27)17(25)21-11-2-3-15(14(18)6-11)22-5-4-19-16(24)9-22/h2-3,6-8H,4-5,9H2,1H3,(H,19,24)(H,21,25). The molecule has 2 heterocycles. The lowest BCUT2D eigenvalue weighted by Gasteiger charge is -2.29. The van der Waals surface area contributed by atoms with E-state index in [1.165, 1.54) is 6.07 Å². The first-order valence-electron chi connectivity index (χ1n) is 8.09. The van der Waals surface area contributed by atoms with Crippen LogP contribution >= 0.6 is 11.6 Å². The maximum absolute atomic E-state index is 12.5. The summed E-state index contributed by atoms with van der Waals surface area (Å²) < 4.78 is 0. The number of carbonyl (C=O) groups is 2. The van der Waals surface area contributed by atoms with E-state index in [0.29, 0.717) is 35.2 Å². The molecule has 0 radical (unpaired) electrons. The second kappa shape index (κ2) is 7.58. The van der Waals surface area contributed by atoms with Gasteiger partial charge in [0.05, 0.1) is 33.4 Å². The van der Waals surface area contributed by atoms with Gasteiger partial charge in [0.25, 0.3) is 11.6 Å². The minimum Gasteiger partial charge on any atom is -0.359 e. The third-order valence-corrected chi connectivity index (χ3v) is 4.42. The molecule has 0 atom stereocenters. The molecule has 2 aromatic rings. The Morgan fingerprint density at radius 2 is 2.19 bits per heavy atom. The molecule has 27 heavy (non-hydrogen) atoms. The monoisotopic (exact) mass is 389 g/mol. The maximum Gasteiger partial charge on any atom is 0.288 e. The molecule has 0 saturated carbocycles. The second-order valence-electron chi connectivity index (χ2n) is 5.98. The number of carbonyl (C=O) groups excluding carboxylic acids is 2. The molecule has 0 spiro atoms. The molecule has 1 saturated heterocycles. The molecule has 1 fully saturated rings. The van der Waals surface area contributed by atoms with E-state index >= 15 is 0 Å². The normalized spacial score (nSPS) is 13.9. The number of hydrogen-bond acceptors (Lipinski definition) is 6. The lowest BCUT2D eigenvalue weighted by atomic mass is 10.1. The van der Waals surface area contributed by atoms with E-state index in [4.69, 9.17) is 11.6 Å². The van der Waals surface area contributed by atoms with Crippen LogP contribution in [0.3, 0.4) is 0 Å². The number of pyridine rings is 1. The van der Waals surface area contributed by atoms with E-state index in [-0.39, 0.29) is 23.7 Å². The van der Waals surface area contributed by atoms with Crippen LogP contribution in [0.1, 0.15) is 16.1 Å². The summed E-state index contributed by atoms with van der Waals surface area (Å²) in [5, 5.41) is 16.7. The Hall–Kier alpha value is -3.20. The predicted octanol–water partition coefficient (Wildman–Crippen LogP) is 2.14. The van der Waals surface area contributed by atoms with Gasteiger partial charge in [-0.05, 0) is 25.1 Å². The van der Waals surface area contributed by atoms with Crippen LogP contribution in [-0.2, 0) is 4.79 Å². The van der Waals surface area contributed by atoms with Gasteiger partial charge in [0.2, 0.25) is 5.91 Å². The van der Waals surface area contributed by atoms with Crippen molar-refractivity contribution in [1.82, 2.24) is 10.3 Å². The number of nitro groups is 1. The minimum atomic E-state index is -0.607. The van der Waals surface area contributed by atoms with Gasteiger partial charge in [-0.15, -0.1) is 0 Å². The minimum absolute atomic E-state index is 0.0802. The van der Waals surface area contributed by atoms with Gasteiger partial charge in [-0.2, -0.15) is 0 Å². The van der Waals surface area contributed by atoms with Crippen molar-refractivity contribution in [2.45, 2.75) is 6.92 Å². The molecule has 9 nitrogen and oxygen atoms in total. The van der Waals surface area contributed by atoms with Gasteiger partial charge in [0.15, 0.2) is 0 Å². The van der Waals surface area contributed by atoms with Crippen LogP contribution in [0.5, 0.6) is 0 Å². The van der Waals surface area contributed by atoms with Crippen molar-refractivity contribution >= 4 is 40.5 Å². The smallest absolute Gasteiger partial charge is 0.288 e. The highest BCUT2D eigenvalue weighted by Crippen LogP contribution is 2.29. The third-order valence-electron chi connectivity index (χ3n) is 4.11. The van der Waals surface area contributed by atoms with E-state index in [2.05, 4.69) is 15.6 Å². The summed E-state index contributed by atoms with van der Waals surface area (Å²) >= 11 is 6.31. The second-order valence-corrected chi connectivity index (χ2v) is 6.38. The van der Waals surface area contributed by atoms with Crippen LogP contribution in [0.25, 0.3) is 0 Å². The highest BCUT2D eigenvalue weighted by molar-refractivity contribution is 6.33. The van der Waals surface area contributed by atoms with E-state index < -0.39 is 10.8 Å². The first kappa shape index (κ1) is 18.6. The maximum atomic E-state index is 12.5. The summed E-state index contributed by atoms with van der Waals surface area (Å²) in [5.74, 6) is -0.604. The van der Waals surface area contributed by atoms with Crippen LogP contribution in [0.4, 0.5) is 17.1 Å². The van der Waals surface area contributed by atoms with Gasteiger partial charge in [-0.1, -0.05) is 11.6 Å². The molecule has 0 bridgehead atoms. The summed E-state index contributed by atoms with van der Waals surface area (Å²) in [5.41, 5.74) is 1.35. The van der Waals surface area contributed by atoms with Crippen molar-refractivity contribution < 1.29 is 14.5 Å². The lowest BCUT2D eigenvalue weighted by Crippen LogP contribution is -2.47. The van der Waals surface area contributed by atoms with E-state index in [9.17, 15) is 19.7 Å². The molecule has 2 amide bonds. The number of hydrogen-bond donors (Lipinski definition) is 2. The van der Waals surface area contributed by atoms with Gasteiger partial charge in [0, 0.05) is 24.8 Å². The molecule has 1 aliphatic rings. The zero-order chi connectivity index (χ0) is 19.6. The third kappa shape index (κ3) is 4.14. The zero-order valence-electron chi connectivity index (χ0n) is 14.4. The Kier molecular flexibility index (Phi) is 5.22. The largest absolute Gasteiger partial charge is 0.359 e. The number of aryl methyl sites for hydroxylation is 1. The molecular weight excluding hydrogens is 374 g/mol. The van der Waals surface area contributed by atoms with Crippen molar-refractivity contribution in [2.24, 2.45) is 0 Å². The topological polar surface area (TPSA) is 117 Å². The van der Waals surface area contributed by atoms with Crippen LogP contribution in [-0.4, -0.2) is 41.4 Å². The van der Waals surface area contributed by atoms with E-state index in [1.807, 2.05) is 4.90 Å². The zero-order valence-corrected chi connectivity index (χ0v) is 15.1. The SMILES string of the molecule is Cc1ncc([N+](=O)[O-])cc1C(=O)Nc1ccc(N2CCNC(=O)C2)c(Cl)c1. The van der Waals surface area contributed by atoms with Crippen molar-refractivity contribution in [3.05, 3.63) is 56.9 Å². The van der Waals surface area contributed by atoms with Crippen LogP contribution in [0, 0.1) is 17.0 Å². The van der Waals surface area contributed by atoms with E-state index in [0.717, 1.165) is 6.20 Å². The quantitative estimate of drug-likeness (QED) is 0.611. The fraction of sp³-hybridized carbons (Fsp3) is 0.235. The number of nitrogens with zero attached hydrogens (tertiary/aromatic N) is 3. The number of amides is 2. The summed E-state index contributed by atoms with van der Waals surface area (Å²) in [7, 11) is 0. The Morgan fingerprint density at radius 1 is 1.41 bits per heavy atom. The highest BCUT2D eigenvalue weighted by Gasteiger charge is 2.20. The van der Waals surface area contributed by atoms with Crippen LogP contribution in [0.15, 0.2) is 30.5 Å². The fourth-order valence-corrected chi connectivity index (χ4v) is 3.04. The first-order chi connectivity index (χ1) is 12.8. The average molecular weight is 390 g/mol. The summed E-state index contributed by atoms with van der Waals surface area (Å²) in [6.07, 6.45) is 1.10. The molecule has 10 heteroatoms. The fourth-order valence-electron chi connectivity index (χ4n) is 2.74. The Balaban J connectivity index is 1.79. The van der Waals surface area contributed by atoms with Crippen molar-refractivity contribution in [3.8, 4) is 0 Å². The number of piperazine rings is 1. The number of anilines is 2. The van der Waals surface area contributed by atoms with Gasteiger partial charge >= 0.3 is 0 Å². The van der Waals surface area contributed by atoms with Crippen LogP contribution in [0.2, 0.25) is 5.02 Å². The summed E-state index contributed by atoms with van der Waals surface area (Å²) in [6.45, 7) is 2.97. The molecule has 1 aromatic heterocycles. The number of nitrogens with one attached hydrogen (secondary N) is 2. The molecule has 0 unspecified atom stereocenters. The van der Waals surface area contributed by atoms with Gasteiger partial charge in [-0.3, -0.25) is 24.7 Å². The number of benzene rings is 1. The Labute approximate surface area is 159 Å². The predicted molar refractivity (Wildman–Crippen MR) is 100 cm³/mol. The summed E-state index contributed by atoms with van der Waals surface area (Å²) in [4.78, 5) is 40.0. The Bertz CT molecular complexity index is 934. The molecule has 1 aromatic carbocycles. The first-order valence-corrected chi connectivity index (χ1v) is 8.46. The summed E-state index contributed by atoms with van der Waals surface area (Å²) in [6, 6.07) is 6.13. The molecule has 3 rings (SSSR count). The van der Waals surface area contributed by atoms with Crippen molar-refractivity contribution in [1.29, 1.82) is 0 Å². The Morgan fingerprint density at radius 3 is 2.85 bits per heavy atom. The number of aromatic nitrogens is 1. The van der Waals surface area contributed by atoms with Gasteiger partial charge in [0.1, 0.15) is 6.20 Å². The number of halogens is 1. The molecule has 140 valence electrons. The molecule has 0 aliphatic carbocycles. The lowest BCUT2D eigenvalue weighted by molar-refractivity contribution is -0.385. The van der Waals surface area contributed by atoms with Crippen molar-refractivity contribution in [3.63, 3.8) is 0 Å². The highest BCUT2D eigenvalue weighted by atomic mass is 35.5. The van der Waals surface area contributed by atoms with Crippen LogP contribution < -0.4 is 15.5 Å². The molecule has 2 N–H and O–H groups in total. The molecular formula is C17H16ClN5O4.